The monoisotopic (exact) mass is 123 g/mol. The Hall–Kier alpha value is 0.210. The summed E-state index contributed by atoms with van der Waals surface area (Å²) in [6.45, 7) is 3.11. The van der Waals surface area contributed by atoms with E-state index in [1.54, 1.807) is 0 Å². The SMILES string of the molecule is C1COCCO1.[Cl-]. The summed E-state index contributed by atoms with van der Waals surface area (Å²) in [5, 5.41) is 0. The maximum atomic E-state index is 4.94. The molecule has 0 atom stereocenters. The zero-order valence-electron chi connectivity index (χ0n) is 4.02. The molecule has 0 N–H and O–H groups in total. The molecule has 3 heteroatoms. The van der Waals surface area contributed by atoms with Gasteiger partial charge in [0.05, 0.1) is 26.4 Å². The third-order valence-electron chi connectivity index (χ3n) is 0.744. The molecular formula is C4H8ClO2-. The average Bonchev–Trinajstić information content (AvgIpc) is 1.72. The van der Waals surface area contributed by atoms with Crippen molar-refractivity contribution in [3.8, 4) is 0 Å². The van der Waals surface area contributed by atoms with Crippen LogP contribution in [0, 0.1) is 0 Å². The Morgan fingerprint density at radius 2 is 1.00 bits per heavy atom. The molecular weight excluding hydrogens is 115 g/mol. The van der Waals surface area contributed by atoms with Crippen molar-refractivity contribution >= 4 is 0 Å². The van der Waals surface area contributed by atoms with Gasteiger partial charge < -0.3 is 21.9 Å². The van der Waals surface area contributed by atoms with Crippen LogP contribution in [0.5, 0.6) is 0 Å². The van der Waals surface area contributed by atoms with E-state index < -0.39 is 0 Å². The minimum atomic E-state index is 0. The van der Waals surface area contributed by atoms with E-state index >= 15 is 0 Å². The van der Waals surface area contributed by atoms with Crippen LogP contribution in [0.25, 0.3) is 0 Å². The fourth-order valence-corrected chi connectivity index (χ4v) is 0.440. The summed E-state index contributed by atoms with van der Waals surface area (Å²) in [6.07, 6.45) is 0. The number of ether oxygens (including phenoxy) is 2. The van der Waals surface area contributed by atoms with Gasteiger partial charge in [0.15, 0.2) is 0 Å². The van der Waals surface area contributed by atoms with Crippen molar-refractivity contribution in [1.29, 1.82) is 0 Å². The largest absolute Gasteiger partial charge is 1.00 e. The molecule has 0 aromatic carbocycles. The Bertz CT molecular complexity index is 25.2. The van der Waals surface area contributed by atoms with E-state index in [0.29, 0.717) is 0 Å². The Balaban J connectivity index is 0.000000360. The fourth-order valence-electron chi connectivity index (χ4n) is 0.440. The van der Waals surface area contributed by atoms with E-state index in [1.165, 1.54) is 0 Å². The molecule has 1 saturated heterocycles. The fraction of sp³-hybridized carbons (Fsp3) is 1.00. The molecule has 0 bridgehead atoms. The first kappa shape index (κ1) is 7.21. The lowest BCUT2D eigenvalue weighted by atomic mass is 10.6. The van der Waals surface area contributed by atoms with E-state index in [2.05, 4.69) is 0 Å². The van der Waals surface area contributed by atoms with Crippen LogP contribution in [-0.4, -0.2) is 26.4 Å². The van der Waals surface area contributed by atoms with Crippen molar-refractivity contribution in [2.75, 3.05) is 26.4 Å². The Morgan fingerprint density at radius 3 is 1.14 bits per heavy atom. The predicted octanol–water partition coefficient (Wildman–Crippen LogP) is -2.96. The third-order valence-corrected chi connectivity index (χ3v) is 0.744. The maximum Gasteiger partial charge on any atom is 0.0701 e. The van der Waals surface area contributed by atoms with Crippen LogP contribution in [0.3, 0.4) is 0 Å². The van der Waals surface area contributed by atoms with Gasteiger partial charge >= 0.3 is 0 Å². The Morgan fingerprint density at radius 1 is 0.714 bits per heavy atom. The van der Waals surface area contributed by atoms with E-state index in [4.69, 9.17) is 9.47 Å². The molecule has 0 radical (unpaired) electrons. The van der Waals surface area contributed by atoms with Crippen molar-refractivity contribution in [3.63, 3.8) is 0 Å². The van der Waals surface area contributed by atoms with Gasteiger partial charge in [-0.3, -0.25) is 0 Å². The Kier molecular flexibility index (Phi) is 4.50. The van der Waals surface area contributed by atoms with Gasteiger partial charge in [0.2, 0.25) is 0 Å². The summed E-state index contributed by atoms with van der Waals surface area (Å²) >= 11 is 0. The summed E-state index contributed by atoms with van der Waals surface area (Å²) < 4.78 is 9.89. The van der Waals surface area contributed by atoms with Crippen molar-refractivity contribution in [3.05, 3.63) is 0 Å². The van der Waals surface area contributed by atoms with Crippen molar-refractivity contribution in [2.24, 2.45) is 0 Å². The van der Waals surface area contributed by atoms with Crippen molar-refractivity contribution in [1.82, 2.24) is 0 Å². The van der Waals surface area contributed by atoms with E-state index in [1.807, 2.05) is 0 Å². The lowest BCUT2D eigenvalue weighted by Gasteiger charge is -2.09. The second kappa shape index (κ2) is 4.37. The summed E-state index contributed by atoms with van der Waals surface area (Å²) in [7, 11) is 0. The van der Waals surface area contributed by atoms with Gasteiger partial charge in [-0.05, 0) is 0 Å². The first-order valence-electron chi connectivity index (χ1n) is 2.15. The Labute approximate surface area is 49.2 Å². The molecule has 2 nitrogen and oxygen atoms in total. The van der Waals surface area contributed by atoms with Crippen LogP contribution in [0.4, 0.5) is 0 Å². The lowest BCUT2D eigenvalue weighted by molar-refractivity contribution is -0.0334. The van der Waals surface area contributed by atoms with Gasteiger partial charge in [0, 0.05) is 0 Å². The van der Waals surface area contributed by atoms with Crippen LogP contribution < -0.4 is 12.4 Å². The van der Waals surface area contributed by atoms with E-state index in [9.17, 15) is 0 Å². The highest BCUT2D eigenvalue weighted by atomic mass is 35.5. The number of halogens is 1. The van der Waals surface area contributed by atoms with E-state index in [-0.39, 0.29) is 12.4 Å². The van der Waals surface area contributed by atoms with Gasteiger partial charge in [-0.2, -0.15) is 0 Å². The van der Waals surface area contributed by atoms with Gasteiger partial charge in [-0.25, -0.2) is 0 Å². The third kappa shape index (κ3) is 2.85. The predicted molar refractivity (Wildman–Crippen MR) is 21.6 cm³/mol. The zero-order chi connectivity index (χ0) is 4.24. The molecule has 1 rings (SSSR count). The van der Waals surface area contributed by atoms with Crippen molar-refractivity contribution in [2.45, 2.75) is 0 Å². The van der Waals surface area contributed by atoms with Crippen LogP contribution in [0.15, 0.2) is 0 Å². The summed E-state index contributed by atoms with van der Waals surface area (Å²) in [5.41, 5.74) is 0. The molecule has 0 spiro atoms. The molecule has 1 heterocycles. The quantitative estimate of drug-likeness (QED) is 0.343. The van der Waals surface area contributed by atoms with E-state index in [0.717, 1.165) is 26.4 Å². The molecule has 0 saturated carbocycles. The lowest BCUT2D eigenvalue weighted by Crippen LogP contribution is -3.00. The molecule has 0 aliphatic carbocycles. The summed E-state index contributed by atoms with van der Waals surface area (Å²) in [6, 6.07) is 0. The van der Waals surface area contributed by atoms with Crippen molar-refractivity contribution < 1.29 is 21.9 Å². The van der Waals surface area contributed by atoms with Crippen LogP contribution in [-0.2, 0) is 9.47 Å². The molecule has 0 aromatic rings. The first-order valence-corrected chi connectivity index (χ1v) is 2.15. The zero-order valence-corrected chi connectivity index (χ0v) is 4.78. The normalized spacial score (nSPS) is 20.6. The topological polar surface area (TPSA) is 18.5 Å². The maximum absolute atomic E-state index is 4.94. The standard InChI is InChI=1S/C4H8O2.ClH/c1-2-6-4-3-5-1;/h1-4H2;1H/p-1. The highest BCUT2D eigenvalue weighted by Gasteiger charge is 1.94. The number of rotatable bonds is 0. The molecule has 0 amide bonds. The molecule has 44 valence electrons. The molecule has 1 aliphatic heterocycles. The minimum absolute atomic E-state index is 0. The van der Waals surface area contributed by atoms with Gasteiger partial charge in [0.25, 0.3) is 0 Å². The molecule has 1 fully saturated rings. The van der Waals surface area contributed by atoms with Crippen LogP contribution in [0.2, 0.25) is 0 Å². The minimum Gasteiger partial charge on any atom is -1.00 e. The first-order chi connectivity index (χ1) is 3.00. The highest BCUT2D eigenvalue weighted by Crippen LogP contribution is 1.85. The smallest absolute Gasteiger partial charge is 0.0701 e. The molecule has 0 aromatic heterocycles. The summed E-state index contributed by atoms with van der Waals surface area (Å²) in [4.78, 5) is 0. The number of hydrogen-bond acceptors (Lipinski definition) is 2. The second-order valence-corrected chi connectivity index (χ2v) is 1.22. The van der Waals surface area contributed by atoms with Gasteiger partial charge in [0.1, 0.15) is 0 Å². The van der Waals surface area contributed by atoms with Crippen LogP contribution in [0.1, 0.15) is 0 Å². The second-order valence-electron chi connectivity index (χ2n) is 1.22. The summed E-state index contributed by atoms with van der Waals surface area (Å²) in [5.74, 6) is 0. The van der Waals surface area contributed by atoms with Gasteiger partial charge in [-0.1, -0.05) is 0 Å². The molecule has 7 heavy (non-hydrogen) atoms. The highest BCUT2D eigenvalue weighted by molar-refractivity contribution is 4.37. The average molecular weight is 124 g/mol. The molecule has 1 aliphatic rings. The molecule has 0 unspecified atom stereocenters. The van der Waals surface area contributed by atoms with Gasteiger partial charge in [-0.15, -0.1) is 0 Å². The number of hydrogen-bond donors (Lipinski definition) is 0. The van der Waals surface area contributed by atoms with Crippen LogP contribution >= 0.6 is 0 Å².